The van der Waals surface area contributed by atoms with Crippen LogP contribution in [-0.4, -0.2) is 33.4 Å². The van der Waals surface area contributed by atoms with Gasteiger partial charge in [0, 0.05) is 6.54 Å². The lowest BCUT2D eigenvalue weighted by Crippen LogP contribution is -2.18. The topological polar surface area (TPSA) is 44.8 Å². The van der Waals surface area contributed by atoms with E-state index in [-0.39, 0.29) is 0 Å². The molecule has 1 aromatic carbocycles. The number of rotatable bonds is 2. The Balaban J connectivity index is 1.92. The maximum Gasteiger partial charge on any atom is 0.117 e. The van der Waals surface area contributed by atoms with Gasteiger partial charge < -0.3 is 0 Å². The number of hydrogen-bond donors (Lipinski definition) is 1. The number of likely N-dealkylation sites (tertiary alicyclic amines) is 1. The Kier molecular flexibility index (Phi) is 2.14. The minimum Gasteiger partial charge on any atom is -0.299 e. The normalized spacial score (nSPS) is 17.6. The van der Waals surface area contributed by atoms with Crippen LogP contribution in [0.1, 0.15) is 18.4 Å². The molecule has 4 nitrogen and oxygen atoms in total. The summed E-state index contributed by atoms with van der Waals surface area (Å²) in [5.74, 6) is 0. The van der Waals surface area contributed by atoms with Crippen molar-refractivity contribution in [3.8, 4) is 0 Å². The van der Waals surface area contributed by atoms with Crippen molar-refractivity contribution in [3.63, 3.8) is 0 Å². The molecular formula is C11H14N4. The van der Waals surface area contributed by atoms with Crippen molar-refractivity contribution < 1.29 is 0 Å². The van der Waals surface area contributed by atoms with Gasteiger partial charge in [-0.15, -0.1) is 5.10 Å². The van der Waals surface area contributed by atoms with E-state index in [0.717, 1.165) is 17.6 Å². The van der Waals surface area contributed by atoms with Crippen LogP contribution < -0.4 is 0 Å². The number of nitrogens with zero attached hydrogens (tertiary/aromatic N) is 3. The zero-order valence-corrected chi connectivity index (χ0v) is 8.61. The maximum absolute atomic E-state index is 4.13. The van der Waals surface area contributed by atoms with Crippen LogP contribution >= 0.6 is 0 Å². The molecule has 0 atom stereocenters. The molecule has 1 aliphatic heterocycles. The average Bonchev–Trinajstić information content (AvgIpc) is 2.87. The highest BCUT2D eigenvalue weighted by atomic mass is 15.3. The van der Waals surface area contributed by atoms with Gasteiger partial charge in [0.25, 0.3) is 0 Å². The van der Waals surface area contributed by atoms with Crippen LogP contribution in [0.4, 0.5) is 0 Å². The minimum absolute atomic E-state index is 1.00. The molecule has 0 saturated carbocycles. The van der Waals surface area contributed by atoms with Gasteiger partial charge in [0.2, 0.25) is 0 Å². The smallest absolute Gasteiger partial charge is 0.117 e. The molecule has 1 aliphatic rings. The second-order valence-corrected chi connectivity index (χ2v) is 4.11. The number of benzene rings is 1. The third kappa shape index (κ3) is 1.61. The number of aromatic nitrogens is 3. The van der Waals surface area contributed by atoms with Crippen molar-refractivity contribution in [2.24, 2.45) is 0 Å². The van der Waals surface area contributed by atoms with Crippen LogP contribution in [0.3, 0.4) is 0 Å². The van der Waals surface area contributed by atoms with Gasteiger partial charge in [-0.2, -0.15) is 0 Å². The first-order valence-corrected chi connectivity index (χ1v) is 5.44. The van der Waals surface area contributed by atoms with Crippen LogP contribution in [0.5, 0.6) is 0 Å². The number of fused-ring (bicyclic) bond motifs is 1. The van der Waals surface area contributed by atoms with Crippen molar-refractivity contribution in [3.05, 3.63) is 23.8 Å². The zero-order valence-electron chi connectivity index (χ0n) is 8.61. The predicted octanol–water partition coefficient (Wildman–Crippen LogP) is 1.55. The van der Waals surface area contributed by atoms with Crippen molar-refractivity contribution in [1.29, 1.82) is 0 Å². The molecule has 15 heavy (non-hydrogen) atoms. The Morgan fingerprint density at radius 3 is 3.00 bits per heavy atom. The second-order valence-electron chi connectivity index (χ2n) is 4.11. The Bertz CT molecular complexity index is 456. The largest absolute Gasteiger partial charge is 0.299 e. The SMILES string of the molecule is c1cc(CN2CCCC2)c2nn[nH]c2c1. The fraction of sp³-hybridized carbons (Fsp3) is 0.455. The quantitative estimate of drug-likeness (QED) is 0.803. The molecule has 0 aliphatic carbocycles. The standard InChI is InChI=1S/C11H14N4/c1-2-7-15(6-1)8-9-4-3-5-10-11(9)13-14-12-10/h3-5H,1-2,6-8H2,(H,12,13,14). The number of nitrogens with one attached hydrogen (secondary N) is 1. The number of aromatic amines is 1. The summed E-state index contributed by atoms with van der Waals surface area (Å²) >= 11 is 0. The van der Waals surface area contributed by atoms with E-state index >= 15 is 0 Å². The van der Waals surface area contributed by atoms with E-state index in [9.17, 15) is 0 Å². The molecule has 0 bridgehead atoms. The van der Waals surface area contributed by atoms with Gasteiger partial charge in [0.05, 0.1) is 5.52 Å². The fourth-order valence-corrected chi connectivity index (χ4v) is 2.24. The summed E-state index contributed by atoms with van der Waals surface area (Å²) < 4.78 is 0. The molecule has 0 amide bonds. The monoisotopic (exact) mass is 202 g/mol. The third-order valence-corrected chi connectivity index (χ3v) is 3.03. The second kappa shape index (κ2) is 3.62. The summed E-state index contributed by atoms with van der Waals surface area (Å²) in [5, 5.41) is 10.9. The van der Waals surface area contributed by atoms with E-state index in [0.29, 0.717) is 0 Å². The van der Waals surface area contributed by atoms with Crippen LogP contribution in [0.25, 0.3) is 11.0 Å². The molecule has 1 saturated heterocycles. The number of H-pyrrole nitrogens is 1. The summed E-state index contributed by atoms with van der Waals surface area (Å²) in [6.07, 6.45) is 2.66. The van der Waals surface area contributed by atoms with Crippen molar-refractivity contribution in [1.82, 2.24) is 20.3 Å². The number of hydrogen-bond acceptors (Lipinski definition) is 3. The molecule has 1 fully saturated rings. The Hall–Kier alpha value is -1.42. The lowest BCUT2D eigenvalue weighted by atomic mass is 10.2. The molecule has 0 spiro atoms. The van der Waals surface area contributed by atoms with Crippen molar-refractivity contribution in [2.45, 2.75) is 19.4 Å². The van der Waals surface area contributed by atoms with Crippen LogP contribution in [-0.2, 0) is 6.54 Å². The molecule has 2 aromatic rings. The van der Waals surface area contributed by atoms with E-state index in [1.807, 2.05) is 6.07 Å². The molecule has 1 N–H and O–H groups in total. The molecule has 3 rings (SSSR count). The predicted molar refractivity (Wildman–Crippen MR) is 58.4 cm³/mol. The minimum atomic E-state index is 1.00. The van der Waals surface area contributed by atoms with Gasteiger partial charge in [-0.3, -0.25) is 10.00 Å². The summed E-state index contributed by atoms with van der Waals surface area (Å²) in [7, 11) is 0. The summed E-state index contributed by atoms with van der Waals surface area (Å²) in [4.78, 5) is 2.48. The molecule has 2 heterocycles. The van der Waals surface area contributed by atoms with Crippen molar-refractivity contribution >= 4 is 11.0 Å². The van der Waals surface area contributed by atoms with Gasteiger partial charge in [-0.25, -0.2) is 0 Å². The van der Waals surface area contributed by atoms with E-state index in [1.54, 1.807) is 0 Å². The van der Waals surface area contributed by atoms with Gasteiger partial charge in [-0.1, -0.05) is 17.3 Å². The fourth-order valence-electron chi connectivity index (χ4n) is 2.24. The molecular weight excluding hydrogens is 188 g/mol. The summed E-state index contributed by atoms with van der Waals surface area (Å²) in [5.41, 5.74) is 3.33. The molecule has 78 valence electrons. The van der Waals surface area contributed by atoms with Crippen LogP contribution in [0.2, 0.25) is 0 Å². The first-order chi connectivity index (χ1) is 7.43. The lowest BCUT2D eigenvalue weighted by Gasteiger charge is -2.14. The molecule has 4 heteroatoms. The zero-order chi connectivity index (χ0) is 10.1. The van der Waals surface area contributed by atoms with E-state index in [2.05, 4.69) is 32.4 Å². The first-order valence-electron chi connectivity index (χ1n) is 5.44. The summed E-state index contributed by atoms with van der Waals surface area (Å²) in [6, 6.07) is 6.22. The Labute approximate surface area is 88.3 Å². The maximum atomic E-state index is 4.13. The highest BCUT2D eigenvalue weighted by molar-refractivity contribution is 5.77. The Morgan fingerprint density at radius 1 is 1.27 bits per heavy atom. The average molecular weight is 202 g/mol. The summed E-state index contributed by atoms with van der Waals surface area (Å²) in [6.45, 7) is 3.44. The van der Waals surface area contributed by atoms with E-state index < -0.39 is 0 Å². The first kappa shape index (κ1) is 8.85. The van der Waals surface area contributed by atoms with Gasteiger partial charge in [0.1, 0.15) is 5.52 Å². The van der Waals surface area contributed by atoms with Gasteiger partial charge in [0.15, 0.2) is 0 Å². The Morgan fingerprint density at radius 2 is 2.13 bits per heavy atom. The van der Waals surface area contributed by atoms with Crippen LogP contribution in [0.15, 0.2) is 18.2 Å². The van der Waals surface area contributed by atoms with E-state index in [1.165, 1.54) is 31.5 Å². The molecule has 0 unspecified atom stereocenters. The molecule has 0 radical (unpaired) electrons. The third-order valence-electron chi connectivity index (χ3n) is 3.03. The van der Waals surface area contributed by atoms with Gasteiger partial charge >= 0.3 is 0 Å². The van der Waals surface area contributed by atoms with E-state index in [4.69, 9.17) is 0 Å². The highest BCUT2D eigenvalue weighted by Crippen LogP contribution is 2.18. The lowest BCUT2D eigenvalue weighted by molar-refractivity contribution is 0.332. The highest BCUT2D eigenvalue weighted by Gasteiger charge is 2.13. The van der Waals surface area contributed by atoms with Crippen LogP contribution in [0, 0.1) is 0 Å². The molecule has 1 aromatic heterocycles. The van der Waals surface area contributed by atoms with Gasteiger partial charge in [-0.05, 0) is 37.6 Å². The van der Waals surface area contributed by atoms with Crippen molar-refractivity contribution in [2.75, 3.05) is 13.1 Å².